The Morgan fingerprint density at radius 3 is 2.76 bits per heavy atom. The molecular weight excluding hydrogens is 332 g/mol. The molecule has 0 unspecified atom stereocenters. The van der Waals surface area contributed by atoms with E-state index >= 15 is 0 Å². The largest absolute Gasteiger partial charge is 0.330 e. The monoisotopic (exact) mass is 356 g/mol. The second kappa shape index (κ2) is 8.50. The van der Waals surface area contributed by atoms with Gasteiger partial charge < -0.3 is 5.73 Å². The normalized spacial score (nSPS) is 16.7. The van der Waals surface area contributed by atoms with Crippen LogP contribution in [0, 0.1) is 11.8 Å². The highest BCUT2D eigenvalue weighted by molar-refractivity contribution is 7.20. The van der Waals surface area contributed by atoms with E-state index < -0.39 is 0 Å². The van der Waals surface area contributed by atoms with Crippen molar-refractivity contribution in [2.24, 2.45) is 17.6 Å². The summed E-state index contributed by atoms with van der Waals surface area (Å²) in [6.07, 6.45) is 9.03. The van der Waals surface area contributed by atoms with Gasteiger partial charge in [0.05, 0.1) is 10.2 Å². The van der Waals surface area contributed by atoms with Crippen LogP contribution in [0.2, 0.25) is 0 Å². The van der Waals surface area contributed by atoms with E-state index in [0.29, 0.717) is 18.0 Å². The zero-order valence-corrected chi connectivity index (χ0v) is 15.1. The lowest BCUT2D eigenvalue weighted by Gasteiger charge is -2.10. The summed E-state index contributed by atoms with van der Waals surface area (Å²) in [5.41, 5.74) is 6.46. The van der Waals surface area contributed by atoms with Crippen molar-refractivity contribution < 1.29 is 9.59 Å². The molecule has 1 saturated carbocycles. The van der Waals surface area contributed by atoms with Crippen molar-refractivity contribution in [1.29, 1.82) is 0 Å². The number of para-hydroxylation sites is 1. The molecule has 0 saturated heterocycles. The summed E-state index contributed by atoms with van der Waals surface area (Å²) in [6, 6.07) is 7.75. The zero-order valence-electron chi connectivity index (χ0n) is 14.3. The van der Waals surface area contributed by atoms with E-state index in [0.717, 1.165) is 42.3 Å². The standard InChI is InChI=1S/C20H24N2O2S/c21-13-5-8-15(11-12-17(23)14-6-1-2-7-14)19(24)20-22-16-9-3-4-10-18(16)25-20/h3-4,9-12,14-15H,1-2,5-8,13,21H2/b12-11+/t15-/m1/s1. The van der Waals surface area contributed by atoms with Crippen molar-refractivity contribution in [3.63, 3.8) is 0 Å². The van der Waals surface area contributed by atoms with Gasteiger partial charge in [-0.1, -0.05) is 31.1 Å². The number of Topliss-reactive ketones (excluding diaryl/α,β-unsaturated/α-hetero) is 1. The molecule has 1 heterocycles. The number of hydrogen-bond donors (Lipinski definition) is 1. The maximum atomic E-state index is 12.9. The van der Waals surface area contributed by atoms with Crippen molar-refractivity contribution in [2.45, 2.75) is 38.5 Å². The van der Waals surface area contributed by atoms with E-state index in [2.05, 4.69) is 4.98 Å². The molecule has 1 aliphatic carbocycles. The van der Waals surface area contributed by atoms with E-state index in [1.165, 1.54) is 11.3 Å². The fourth-order valence-corrected chi connectivity index (χ4v) is 4.32. The minimum absolute atomic E-state index is 0.00915. The van der Waals surface area contributed by atoms with Gasteiger partial charge in [-0.2, -0.15) is 0 Å². The molecule has 1 aromatic heterocycles. The highest BCUT2D eigenvalue weighted by Gasteiger charge is 2.23. The second-order valence-corrected chi connectivity index (χ2v) is 7.66. The topological polar surface area (TPSA) is 73.1 Å². The van der Waals surface area contributed by atoms with Gasteiger partial charge in [-0.05, 0) is 50.4 Å². The third kappa shape index (κ3) is 4.41. The summed E-state index contributed by atoms with van der Waals surface area (Å²) in [5, 5.41) is 0.515. The molecular formula is C20H24N2O2S. The molecule has 0 radical (unpaired) electrons. The number of benzene rings is 1. The van der Waals surface area contributed by atoms with Crippen LogP contribution in [0.15, 0.2) is 36.4 Å². The summed E-state index contributed by atoms with van der Waals surface area (Å²) in [5.74, 6) is -0.0316. The predicted octanol–water partition coefficient (Wildman–Crippen LogP) is 4.15. The SMILES string of the molecule is NCCC[C@H](/C=C/C(=O)C1CCCC1)C(=O)c1nc2ccccc2s1. The maximum Gasteiger partial charge on any atom is 0.198 e. The Labute approximate surface area is 152 Å². The van der Waals surface area contributed by atoms with Crippen LogP contribution in [0.1, 0.15) is 48.3 Å². The lowest BCUT2D eigenvalue weighted by molar-refractivity contribution is -0.118. The molecule has 1 aromatic carbocycles. The molecule has 4 nitrogen and oxygen atoms in total. The van der Waals surface area contributed by atoms with Gasteiger partial charge in [-0.3, -0.25) is 9.59 Å². The van der Waals surface area contributed by atoms with Crippen molar-refractivity contribution in [3.8, 4) is 0 Å². The number of ketones is 2. The van der Waals surface area contributed by atoms with Crippen molar-refractivity contribution >= 4 is 33.1 Å². The number of fused-ring (bicyclic) bond motifs is 1. The quantitative estimate of drug-likeness (QED) is 0.569. The van der Waals surface area contributed by atoms with Crippen LogP contribution in [-0.4, -0.2) is 23.1 Å². The Balaban J connectivity index is 1.76. The van der Waals surface area contributed by atoms with E-state index in [1.807, 2.05) is 24.3 Å². The molecule has 2 aromatic rings. The average Bonchev–Trinajstić information content (AvgIpc) is 3.30. The first-order valence-corrected chi connectivity index (χ1v) is 9.82. The van der Waals surface area contributed by atoms with Gasteiger partial charge in [0.25, 0.3) is 0 Å². The predicted molar refractivity (Wildman–Crippen MR) is 102 cm³/mol. The Morgan fingerprint density at radius 2 is 2.04 bits per heavy atom. The molecule has 0 spiro atoms. The van der Waals surface area contributed by atoms with Crippen LogP contribution in [-0.2, 0) is 4.79 Å². The van der Waals surface area contributed by atoms with Gasteiger partial charge in [0.1, 0.15) is 0 Å². The molecule has 0 bridgehead atoms. The van der Waals surface area contributed by atoms with Crippen LogP contribution in [0.25, 0.3) is 10.2 Å². The molecule has 1 atom stereocenters. The third-order valence-electron chi connectivity index (χ3n) is 4.81. The molecule has 2 N–H and O–H groups in total. The number of nitrogens with zero attached hydrogens (tertiary/aromatic N) is 1. The molecule has 1 fully saturated rings. The summed E-state index contributed by atoms with van der Waals surface area (Å²) in [6.45, 7) is 0.536. The summed E-state index contributed by atoms with van der Waals surface area (Å²) < 4.78 is 1.01. The molecule has 0 aliphatic heterocycles. The maximum absolute atomic E-state index is 12.9. The Bertz CT molecular complexity index is 742. The van der Waals surface area contributed by atoms with Gasteiger partial charge in [0, 0.05) is 11.8 Å². The smallest absolute Gasteiger partial charge is 0.198 e. The Morgan fingerprint density at radius 1 is 1.28 bits per heavy atom. The number of allylic oxidation sites excluding steroid dienone is 2. The summed E-state index contributed by atoms with van der Waals surface area (Å²) in [7, 11) is 0. The van der Waals surface area contributed by atoms with Crippen molar-refractivity contribution in [3.05, 3.63) is 41.4 Å². The molecule has 0 amide bonds. The van der Waals surface area contributed by atoms with Crippen molar-refractivity contribution in [1.82, 2.24) is 4.98 Å². The van der Waals surface area contributed by atoms with Gasteiger partial charge in [0.2, 0.25) is 0 Å². The minimum atomic E-state index is -0.325. The van der Waals surface area contributed by atoms with Gasteiger partial charge in [-0.15, -0.1) is 11.3 Å². The molecule has 132 valence electrons. The van der Waals surface area contributed by atoms with Crippen LogP contribution < -0.4 is 5.73 Å². The van der Waals surface area contributed by atoms with E-state index in [-0.39, 0.29) is 23.4 Å². The summed E-state index contributed by atoms with van der Waals surface area (Å²) >= 11 is 1.42. The fraction of sp³-hybridized carbons (Fsp3) is 0.450. The number of carbonyl (C=O) groups excluding carboxylic acids is 2. The number of rotatable bonds is 8. The first-order valence-electron chi connectivity index (χ1n) is 9.01. The molecule has 3 rings (SSSR count). The van der Waals surface area contributed by atoms with Crippen LogP contribution >= 0.6 is 11.3 Å². The Kier molecular flexibility index (Phi) is 6.10. The third-order valence-corrected chi connectivity index (χ3v) is 5.86. The van der Waals surface area contributed by atoms with E-state index in [1.54, 1.807) is 12.2 Å². The number of thiazole rings is 1. The molecule has 5 heteroatoms. The second-order valence-electron chi connectivity index (χ2n) is 6.63. The average molecular weight is 356 g/mol. The molecule has 1 aliphatic rings. The van der Waals surface area contributed by atoms with E-state index in [9.17, 15) is 9.59 Å². The zero-order chi connectivity index (χ0) is 17.6. The first kappa shape index (κ1) is 18.0. The van der Waals surface area contributed by atoms with Gasteiger partial charge >= 0.3 is 0 Å². The van der Waals surface area contributed by atoms with E-state index in [4.69, 9.17) is 5.73 Å². The lowest BCUT2D eigenvalue weighted by Crippen LogP contribution is -2.15. The first-order chi connectivity index (χ1) is 12.2. The minimum Gasteiger partial charge on any atom is -0.330 e. The van der Waals surface area contributed by atoms with Crippen LogP contribution in [0.4, 0.5) is 0 Å². The van der Waals surface area contributed by atoms with Gasteiger partial charge in [-0.25, -0.2) is 4.98 Å². The number of hydrogen-bond acceptors (Lipinski definition) is 5. The lowest BCUT2D eigenvalue weighted by atomic mass is 9.95. The molecule has 25 heavy (non-hydrogen) atoms. The van der Waals surface area contributed by atoms with Gasteiger partial charge in [0.15, 0.2) is 16.6 Å². The van der Waals surface area contributed by atoms with Crippen molar-refractivity contribution in [2.75, 3.05) is 6.54 Å². The number of nitrogens with two attached hydrogens (primary N) is 1. The highest BCUT2D eigenvalue weighted by Crippen LogP contribution is 2.27. The fourth-order valence-electron chi connectivity index (χ4n) is 3.35. The number of aromatic nitrogens is 1. The Hall–Kier alpha value is -1.85. The van der Waals surface area contributed by atoms with Crippen LogP contribution in [0.3, 0.4) is 0 Å². The number of carbonyl (C=O) groups is 2. The highest BCUT2D eigenvalue weighted by atomic mass is 32.1. The summed E-state index contributed by atoms with van der Waals surface area (Å²) in [4.78, 5) is 29.7. The van der Waals surface area contributed by atoms with Crippen LogP contribution in [0.5, 0.6) is 0 Å².